The molecule has 0 spiro atoms. The molecular formula is C16H21F3N2O4S. The average Bonchev–Trinajstić information content (AvgIpc) is 2.54. The van der Waals surface area contributed by atoms with Crippen molar-refractivity contribution in [3.63, 3.8) is 0 Å². The van der Waals surface area contributed by atoms with Gasteiger partial charge in [-0.25, -0.2) is 13.2 Å². The number of carbonyl (C=O) groups excluding carboxylic acids is 1. The first-order valence-electron chi connectivity index (χ1n) is 8.20. The lowest BCUT2D eigenvalue weighted by atomic mass is 9.99. The second-order valence-electron chi connectivity index (χ2n) is 6.15. The van der Waals surface area contributed by atoms with Crippen molar-refractivity contribution in [2.45, 2.75) is 32.2 Å². The molecule has 1 fully saturated rings. The highest BCUT2D eigenvalue weighted by Gasteiger charge is 2.32. The van der Waals surface area contributed by atoms with E-state index < -0.39 is 22.2 Å². The largest absolute Gasteiger partial charge is 0.573 e. The van der Waals surface area contributed by atoms with E-state index in [9.17, 15) is 26.4 Å². The van der Waals surface area contributed by atoms with E-state index in [4.69, 9.17) is 0 Å². The van der Waals surface area contributed by atoms with Crippen molar-refractivity contribution in [1.29, 1.82) is 0 Å². The molecular weight excluding hydrogens is 373 g/mol. The number of hydrogen-bond donors (Lipinski definition) is 2. The van der Waals surface area contributed by atoms with Crippen LogP contribution in [-0.4, -0.2) is 38.9 Å². The van der Waals surface area contributed by atoms with Gasteiger partial charge in [-0.05, 0) is 31.2 Å². The van der Waals surface area contributed by atoms with E-state index >= 15 is 0 Å². The fourth-order valence-corrected chi connectivity index (χ4v) is 4.32. The van der Waals surface area contributed by atoms with Gasteiger partial charge < -0.3 is 15.4 Å². The molecule has 6 nitrogen and oxygen atoms in total. The summed E-state index contributed by atoms with van der Waals surface area (Å²) < 4.78 is 63.7. The lowest BCUT2D eigenvalue weighted by molar-refractivity contribution is -0.274. The average molecular weight is 394 g/mol. The number of sulfone groups is 1. The molecule has 0 aromatic heterocycles. The smallest absolute Gasteiger partial charge is 0.405 e. The van der Waals surface area contributed by atoms with E-state index in [-0.39, 0.29) is 35.3 Å². The van der Waals surface area contributed by atoms with Gasteiger partial charge in [0.05, 0.1) is 11.5 Å². The maximum Gasteiger partial charge on any atom is 0.573 e. The number of urea groups is 1. The summed E-state index contributed by atoms with van der Waals surface area (Å²) >= 11 is 0. The second kappa shape index (κ2) is 8.61. The van der Waals surface area contributed by atoms with Crippen molar-refractivity contribution < 1.29 is 31.1 Å². The molecule has 2 N–H and O–H groups in total. The Bertz CT molecular complexity index is 708. The molecule has 1 aromatic carbocycles. The van der Waals surface area contributed by atoms with Crippen LogP contribution in [0.1, 0.15) is 24.8 Å². The van der Waals surface area contributed by atoms with Gasteiger partial charge in [-0.1, -0.05) is 18.2 Å². The summed E-state index contributed by atoms with van der Waals surface area (Å²) in [6, 6.07) is 5.07. The van der Waals surface area contributed by atoms with Gasteiger partial charge in [-0.3, -0.25) is 0 Å². The third-order valence-corrected chi connectivity index (χ3v) is 5.87. The molecule has 0 unspecified atom stereocenters. The summed E-state index contributed by atoms with van der Waals surface area (Å²) in [6.45, 7) is 0.261. The Morgan fingerprint density at radius 3 is 2.46 bits per heavy atom. The van der Waals surface area contributed by atoms with Gasteiger partial charge in [-0.15, -0.1) is 13.2 Å². The van der Waals surface area contributed by atoms with Crippen molar-refractivity contribution in [2.24, 2.45) is 5.92 Å². The summed E-state index contributed by atoms with van der Waals surface area (Å²) in [5, 5.41) is 5.11. The molecule has 10 heteroatoms. The highest BCUT2D eigenvalue weighted by atomic mass is 32.2. The zero-order valence-electron chi connectivity index (χ0n) is 14.0. The van der Waals surface area contributed by atoms with E-state index in [2.05, 4.69) is 15.4 Å². The van der Waals surface area contributed by atoms with E-state index in [1.807, 2.05) is 0 Å². The topological polar surface area (TPSA) is 84.5 Å². The van der Waals surface area contributed by atoms with E-state index in [0.29, 0.717) is 25.8 Å². The van der Waals surface area contributed by atoms with Crippen LogP contribution in [0.4, 0.5) is 18.0 Å². The summed E-state index contributed by atoms with van der Waals surface area (Å²) in [5.74, 6) is 0.253. The number of carbonyl (C=O) groups is 1. The van der Waals surface area contributed by atoms with Crippen LogP contribution in [0.25, 0.3) is 0 Å². The van der Waals surface area contributed by atoms with Crippen LogP contribution in [0.2, 0.25) is 0 Å². The number of nitrogens with one attached hydrogen (secondary N) is 2. The quantitative estimate of drug-likeness (QED) is 0.777. The van der Waals surface area contributed by atoms with Crippen molar-refractivity contribution in [3.05, 3.63) is 29.8 Å². The zero-order chi connectivity index (χ0) is 19.2. The third-order valence-electron chi connectivity index (χ3n) is 4.15. The zero-order valence-corrected chi connectivity index (χ0v) is 14.8. The van der Waals surface area contributed by atoms with Crippen LogP contribution in [0, 0.1) is 5.92 Å². The molecule has 146 valence electrons. The van der Waals surface area contributed by atoms with E-state index in [0.717, 1.165) is 0 Å². The molecule has 1 saturated heterocycles. The first kappa shape index (κ1) is 20.3. The maximum absolute atomic E-state index is 12.4. The molecule has 0 bridgehead atoms. The molecule has 1 aliphatic heterocycles. The second-order valence-corrected chi connectivity index (χ2v) is 8.45. The monoisotopic (exact) mass is 394 g/mol. The Morgan fingerprint density at radius 1 is 1.15 bits per heavy atom. The summed E-state index contributed by atoms with van der Waals surface area (Å²) in [5.41, 5.74) is 0.206. The van der Waals surface area contributed by atoms with E-state index in [1.165, 1.54) is 18.2 Å². The first-order chi connectivity index (χ1) is 12.1. The number of rotatable bonds is 6. The Morgan fingerprint density at radius 2 is 1.81 bits per heavy atom. The first-order valence-corrected chi connectivity index (χ1v) is 10.0. The molecule has 2 rings (SSSR count). The lowest BCUT2D eigenvalue weighted by Crippen LogP contribution is -2.37. The molecule has 0 aliphatic carbocycles. The van der Waals surface area contributed by atoms with Crippen molar-refractivity contribution in [3.8, 4) is 5.75 Å². The number of halogens is 3. The number of para-hydroxylation sites is 1. The van der Waals surface area contributed by atoms with Gasteiger partial charge in [0, 0.05) is 18.7 Å². The van der Waals surface area contributed by atoms with Crippen molar-refractivity contribution in [2.75, 3.05) is 18.1 Å². The van der Waals surface area contributed by atoms with Crippen LogP contribution in [0.3, 0.4) is 0 Å². The van der Waals surface area contributed by atoms with Crippen molar-refractivity contribution in [1.82, 2.24) is 10.6 Å². The summed E-state index contributed by atoms with van der Waals surface area (Å²) in [4.78, 5) is 11.8. The van der Waals surface area contributed by atoms with Crippen LogP contribution >= 0.6 is 0 Å². The minimum Gasteiger partial charge on any atom is -0.405 e. The molecule has 0 radical (unpaired) electrons. The fraction of sp³-hybridized carbons (Fsp3) is 0.562. The minimum atomic E-state index is -4.80. The Hall–Kier alpha value is -1.97. The highest BCUT2D eigenvalue weighted by Crippen LogP contribution is 2.26. The van der Waals surface area contributed by atoms with Gasteiger partial charge in [0.25, 0.3) is 0 Å². The summed E-state index contributed by atoms with van der Waals surface area (Å²) in [6.07, 6.45) is -2.95. The molecule has 1 aromatic rings. The number of hydrogen-bond acceptors (Lipinski definition) is 4. The normalized spacial score (nSPS) is 17.5. The highest BCUT2D eigenvalue weighted by molar-refractivity contribution is 7.91. The van der Waals surface area contributed by atoms with Gasteiger partial charge in [0.15, 0.2) is 0 Å². The molecule has 0 saturated carbocycles. The molecule has 1 aliphatic rings. The van der Waals surface area contributed by atoms with E-state index in [1.54, 1.807) is 6.07 Å². The fourth-order valence-electron chi connectivity index (χ4n) is 2.73. The SMILES string of the molecule is O=C(NCCC1CCS(=O)(=O)CC1)NCc1ccccc1OC(F)(F)F. The lowest BCUT2D eigenvalue weighted by Gasteiger charge is -2.21. The third kappa shape index (κ3) is 7.11. The molecule has 26 heavy (non-hydrogen) atoms. The Kier molecular flexibility index (Phi) is 6.74. The summed E-state index contributed by atoms with van der Waals surface area (Å²) in [7, 11) is -2.91. The van der Waals surface area contributed by atoms with Gasteiger partial charge >= 0.3 is 12.4 Å². The predicted molar refractivity (Wildman–Crippen MR) is 89.4 cm³/mol. The number of ether oxygens (including phenoxy) is 1. The van der Waals surface area contributed by atoms with Crippen LogP contribution in [0.15, 0.2) is 24.3 Å². The van der Waals surface area contributed by atoms with Crippen molar-refractivity contribution >= 4 is 15.9 Å². The predicted octanol–water partition coefficient (Wildman–Crippen LogP) is 2.60. The number of benzene rings is 1. The standard InChI is InChI=1S/C16H21F3N2O4S/c17-16(18,19)25-14-4-2-1-3-13(14)11-21-15(22)20-8-5-12-6-9-26(23,24)10-7-12/h1-4,12H,5-11H2,(H2,20,21,22). The van der Waals surface area contributed by atoms with Crippen LogP contribution in [0.5, 0.6) is 5.75 Å². The molecule has 2 amide bonds. The van der Waals surface area contributed by atoms with Gasteiger partial charge in [0.1, 0.15) is 15.6 Å². The number of alkyl halides is 3. The maximum atomic E-state index is 12.4. The Labute approximate surface area is 150 Å². The molecule has 0 atom stereocenters. The Balaban J connectivity index is 1.72. The van der Waals surface area contributed by atoms with Gasteiger partial charge in [-0.2, -0.15) is 0 Å². The van der Waals surface area contributed by atoms with Crippen LogP contribution in [-0.2, 0) is 16.4 Å². The van der Waals surface area contributed by atoms with Crippen LogP contribution < -0.4 is 15.4 Å². The minimum absolute atomic E-state index is 0.111. The number of amides is 2. The molecule has 1 heterocycles. The van der Waals surface area contributed by atoms with Gasteiger partial charge in [0.2, 0.25) is 0 Å².